The second-order valence-electron chi connectivity index (χ2n) is 3.69. The lowest BCUT2D eigenvalue weighted by Crippen LogP contribution is -1.89. The predicted molar refractivity (Wildman–Crippen MR) is 68.9 cm³/mol. The Labute approximate surface area is 113 Å². The van der Waals surface area contributed by atoms with Crippen molar-refractivity contribution in [2.75, 3.05) is 0 Å². The zero-order valence-corrected chi connectivity index (χ0v) is 10.3. The van der Waals surface area contributed by atoms with Crippen LogP contribution < -0.4 is 0 Å². The number of aromatic nitrogens is 1. The number of nitrogens with zero attached hydrogens (tertiary/aromatic N) is 2. The number of benzene rings is 1. The zero-order valence-electron chi connectivity index (χ0n) is 9.57. The molecule has 19 heavy (non-hydrogen) atoms. The van der Waals surface area contributed by atoms with Crippen LogP contribution in [-0.2, 0) is 0 Å². The molecule has 5 heteroatoms. The van der Waals surface area contributed by atoms with Gasteiger partial charge in [-0.3, -0.25) is 4.98 Å². The summed E-state index contributed by atoms with van der Waals surface area (Å²) in [4.78, 5) is 3.83. The van der Waals surface area contributed by atoms with Crippen LogP contribution in [0.5, 0.6) is 0 Å². The van der Waals surface area contributed by atoms with Crippen molar-refractivity contribution in [3.8, 4) is 6.07 Å². The number of nitriles is 1. The minimum Gasteiger partial charge on any atom is -0.265 e. The van der Waals surface area contributed by atoms with Crippen LogP contribution in [0.25, 0.3) is 10.6 Å². The maximum atomic E-state index is 13.1. The Hall–Kier alpha value is -2.25. The molecule has 0 bridgehead atoms. The normalized spacial score (nSPS) is 11.7. The first-order valence-corrected chi connectivity index (χ1v) is 5.66. The molecule has 0 saturated heterocycles. The van der Waals surface area contributed by atoms with Crippen LogP contribution >= 0.6 is 11.6 Å². The third-order valence-corrected chi connectivity index (χ3v) is 2.82. The Bertz CT molecular complexity index is 655. The van der Waals surface area contributed by atoms with E-state index < -0.39 is 11.6 Å². The highest BCUT2D eigenvalue weighted by molar-refractivity contribution is 6.53. The summed E-state index contributed by atoms with van der Waals surface area (Å²) in [5, 5.41) is 9.14. The summed E-state index contributed by atoms with van der Waals surface area (Å²) < 4.78 is 26.3. The van der Waals surface area contributed by atoms with Crippen LogP contribution in [0.2, 0.25) is 0 Å². The number of allylic oxidation sites excluding steroid dienone is 1. The second kappa shape index (κ2) is 5.59. The van der Waals surface area contributed by atoms with Crippen LogP contribution in [0.1, 0.15) is 11.1 Å². The van der Waals surface area contributed by atoms with Gasteiger partial charge in [0, 0.05) is 24.0 Å². The fraction of sp³-hybridized carbons (Fsp3) is 0. The molecule has 0 fully saturated rings. The topological polar surface area (TPSA) is 36.7 Å². The molecule has 2 aromatic rings. The molecule has 0 radical (unpaired) electrons. The van der Waals surface area contributed by atoms with Gasteiger partial charge in [-0.2, -0.15) is 5.26 Å². The maximum absolute atomic E-state index is 13.1. The second-order valence-corrected chi connectivity index (χ2v) is 4.07. The average Bonchev–Trinajstić information content (AvgIpc) is 2.39. The molecular weight excluding hydrogens is 270 g/mol. The molecule has 0 N–H and O–H groups in total. The Kier molecular flexibility index (Phi) is 3.88. The summed E-state index contributed by atoms with van der Waals surface area (Å²) in [7, 11) is 0. The van der Waals surface area contributed by atoms with Crippen molar-refractivity contribution in [2.24, 2.45) is 0 Å². The summed E-state index contributed by atoms with van der Waals surface area (Å²) in [6.07, 6.45) is 3.01. The van der Waals surface area contributed by atoms with E-state index in [4.69, 9.17) is 16.9 Å². The van der Waals surface area contributed by atoms with Crippen molar-refractivity contribution >= 4 is 22.2 Å². The Morgan fingerprint density at radius 2 is 1.63 bits per heavy atom. The van der Waals surface area contributed by atoms with Gasteiger partial charge in [-0.25, -0.2) is 8.78 Å². The molecule has 1 aromatic heterocycles. The first-order chi connectivity index (χ1) is 9.11. The average molecular weight is 277 g/mol. The highest BCUT2D eigenvalue weighted by Crippen LogP contribution is 2.29. The Balaban J connectivity index is 2.59. The molecule has 0 aliphatic heterocycles. The SMILES string of the molecule is N#C/C(=C(\Cl)c1cc(F)cc(F)c1)c1ccncc1. The number of hydrogen-bond donors (Lipinski definition) is 0. The van der Waals surface area contributed by atoms with Gasteiger partial charge in [0.15, 0.2) is 0 Å². The van der Waals surface area contributed by atoms with E-state index in [9.17, 15) is 8.78 Å². The van der Waals surface area contributed by atoms with Gasteiger partial charge in [0.2, 0.25) is 0 Å². The van der Waals surface area contributed by atoms with Crippen molar-refractivity contribution < 1.29 is 8.78 Å². The molecule has 0 amide bonds. The quantitative estimate of drug-likeness (QED) is 0.778. The van der Waals surface area contributed by atoms with E-state index in [1.165, 1.54) is 12.4 Å². The summed E-state index contributed by atoms with van der Waals surface area (Å²) in [5.74, 6) is -1.50. The third kappa shape index (κ3) is 2.95. The Morgan fingerprint density at radius 1 is 1.05 bits per heavy atom. The van der Waals surface area contributed by atoms with E-state index in [1.807, 2.05) is 6.07 Å². The minimum absolute atomic E-state index is 0.00731. The van der Waals surface area contributed by atoms with Gasteiger partial charge in [0.1, 0.15) is 17.7 Å². The lowest BCUT2D eigenvalue weighted by atomic mass is 10.0. The largest absolute Gasteiger partial charge is 0.265 e. The van der Waals surface area contributed by atoms with Crippen LogP contribution in [0.3, 0.4) is 0 Å². The van der Waals surface area contributed by atoms with Crippen molar-refractivity contribution in [2.45, 2.75) is 0 Å². The Morgan fingerprint density at radius 3 is 2.16 bits per heavy atom. The van der Waals surface area contributed by atoms with Gasteiger partial charge >= 0.3 is 0 Å². The molecular formula is C14H7ClF2N2. The highest BCUT2D eigenvalue weighted by atomic mass is 35.5. The summed E-state index contributed by atoms with van der Waals surface area (Å²) >= 11 is 6.05. The van der Waals surface area contributed by atoms with Crippen LogP contribution in [0.15, 0.2) is 42.7 Å². The van der Waals surface area contributed by atoms with Crippen molar-refractivity contribution in [1.82, 2.24) is 4.98 Å². The van der Waals surface area contributed by atoms with E-state index in [1.54, 1.807) is 12.1 Å². The molecule has 0 aliphatic rings. The summed E-state index contributed by atoms with van der Waals surface area (Å²) in [5.41, 5.74) is 0.786. The monoisotopic (exact) mass is 276 g/mol. The van der Waals surface area contributed by atoms with E-state index in [2.05, 4.69) is 4.98 Å². The van der Waals surface area contributed by atoms with Gasteiger partial charge in [0.25, 0.3) is 0 Å². The molecule has 2 nitrogen and oxygen atoms in total. The lowest BCUT2D eigenvalue weighted by molar-refractivity contribution is 0.583. The standard InChI is InChI=1S/C14H7ClF2N2/c15-14(10-5-11(16)7-12(17)6-10)13(8-18)9-1-3-19-4-2-9/h1-7H/b14-13+. The fourth-order valence-corrected chi connectivity index (χ4v) is 1.84. The minimum atomic E-state index is -0.750. The number of pyridine rings is 1. The zero-order chi connectivity index (χ0) is 13.8. The third-order valence-electron chi connectivity index (χ3n) is 2.42. The van der Waals surface area contributed by atoms with Crippen molar-refractivity contribution in [3.63, 3.8) is 0 Å². The summed E-state index contributed by atoms with van der Waals surface area (Å²) in [6.45, 7) is 0. The molecule has 0 atom stereocenters. The number of halogens is 3. The van der Waals surface area contributed by atoms with Gasteiger partial charge in [0.05, 0.1) is 10.6 Å². The van der Waals surface area contributed by atoms with E-state index in [0.29, 0.717) is 5.56 Å². The lowest BCUT2D eigenvalue weighted by Gasteiger charge is -2.05. The molecule has 94 valence electrons. The van der Waals surface area contributed by atoms with Gasteiger partial charge in [-0.15, -0.1) is 0 Å². The predicted octanol–water partition coefficient (Wildman–Crippen LogP) is 3.99. The fourth-order valence-electron chi connectivity index (χ4n) is 1.58. The molecule has 0 unspecified atom stereocenters. The summed E-state index contributed by atoms with van der Waals surface area (Å²) in [6, 6.07) is 8.01. The van der Waals surface area contributed by atoms with Crippen molar-refractivity contribution in [1.29, 1.82) is 5.26 Å². The molecule has 1 aromatic carbocycles. The highest BCUT2D eigenvalue weighted by Gasteiger charge is 2.11. The smallest absolute Gasteiger partial charge is 0.126 e. The van der Waals surface area contributed by atoms with E-state index in [0.717, 1.165) is 18.2 Å². The van der Waals surface area contributed by atoms with Gasteiger partial charge in [-0.1, -0.05) is 11.6 Å². The molecule has 1 heterocycles. The van der Waals surface area contributed by atoms with Gasteiger partial charge in [-0.05, 0) is 29.8 Å². The molecule has 0 spiro atoms. The first kappa shape index (κ1) is 13.2. The van der Waals surface area contributed by atoms with Crippen LogP contribution in [-0.4, -0.2) is 4.98 Å². The molecule has 0 aliphatic carbocycles. The molecule has 0 saturated carbocycles. The van der Waals surface area contributed by atoms with Crippen LogP contribution in [0, 0.1) is 23.0 Å². The first-order valence-electron chi connectivity index (χ1n) is 5.28. The van der Waals surface area contributed by atoms with Gasteiger partial charge < -0.3 is 0 Å². The molecule has 2 rings (SSSR count). The number of rotatable bonds is 2. The maximum Gasteiger partial charge on any atom is 0.126 e. The van der Waals surface area contributed by atoms with Crippen LogP contribution in [0.4, 0.5) is 8.78 Å². The van der Waals surface area contributed by atoms with E-state index in [-0.39, 0.29) is 16.2 Å². The van der Waals surface area contributed by atoms with E-state index >= 15 is 0 Å². The number of hydrogen-bond acceptors (Lipinski definition) is 2. The van der Waals surface area contributed by atoms with Crippen molar-refractivity contribution in [3.05, 3.63) is 65.5 Å².